The summed E-state index contributed by atoms with van der Waals surface area (Å²) in [5.74, 6) is 0.944. The Balaban J connectivity index is 2.46. The summed E-state index contributed by atoms with van der Waals surface area (Å²) in [5.41, 5.74) is 0.897. The van der Waals surface area contributed by atoms with E-state index in [-0.39, 0.29) is 11.7 Å². The molecule has 1 aromatic carbocycles. The molecule has 1 heterocycles. The van der Waals surface area contributed by atoms with Gasteiger partial charge in [0.25, 0.3) is 0 Å². The van der Waals surface area contributed by atoms with Crippen LogP contribution in [0.1, 0.15) is 25.5 Å². The number of hydrogen-bond acceptors (Lipinski definition) is 2. The summed E-state index contributed by atoms with van der Waals surface area (Å²) in [6.45, 7) is 4.09. The topological polar surface area (TPSA) is 18.5 Å². The zero-order chi connectivity index (χ0) is 9.47. The Morgan fingerprint density at radius 2 is 2.00 bits per heavy atom. The number of rotatable bonds is 1. The highest BCUT2D eigenvalue weighted by Crippen LogP contribution is 2.44. The molecule has 2 rings (SSSR count). The van der Waals surface area contributed by atoms with E-state index in [0.717, 1.165) is 11.3 Å². The first-order valence-corrected chi connectivity index (χ1v) is 4.46. The standard InChI is InChI=1S/C11H14O2/c1-11(2)10(12-3)8-6-4-5-7-9(8)13-11/h4-7,10H,1-3H3. The fourth-order valence-electron chi connectivity index (χ4n) is 1.91. The van der Waals surface area contributed by atoms with E-state index in [2.05, 4.69) is 6.07 Å². The summed E-state index contributed by atoms with van der Waals surface area (Å²) < 4.78 is 11.2. The molecule has 1 aliphatic rings. The number of benzene rings is 1. The fraction of sp³-hybridized carbons (Fsp3) is 0.455. The predicted molar refractivity (Wildman–Crippen MR) is 50.9 cm³/mol. The van der Waals surface area contributed by atoms with E-state index in [9.17, 15) is 0 Å². The van der Waals surface area contributed by atoms with Gasteiger partial charge in [-0.3, -0.25) is 0 Å². The van der Waals surface area contributed by atoms with Crippen LogP contribution in [0.4, 0.5) is 0 Å². The number of para-hydroxylation sites is 1. The minimum atomic E-state index is -0.252. The van der Waals surface area contributed by atoms with Crippen molar-refractivity contribution in [1.82, 2.24) is 0 Å². The molecule has 1 unspecified atom stereocenters. The van der Waals surface area contributed by atoms with E-state index in [0.29, 0.717) is 0 Å². The highest BCUT2D eigenvalue weighted by Gasteiger charge is 2.40. The molecule has 70 valence electrons. The van der Waals surface area contributed by atoms with Crippen LogP contribution in [0.5, 0.6) is 5.75 Å². The van der Waals surface area contributed by atoms with Crippen molar-refractivity contribution < 1.29 is 9.47 Å². The van der Waals surface area contributed by atoms with Crippen LogP contribution in [0.3, 0.4) is 0 Å². The molecule has 0 N–H and O–H groups in total. The van der Waals surface area contributed by atoms with Crippen LogP contribution in [0.2, 0.25) is 0 Å². The zero-order valence-electron chi connectivity index (χ0n) is 8.20. The van der Waals surface area contributed by atoms with Crippen molar-refractivity contribution in [2.75, 3.05) is 7.11 Å². The van der Waals surface area contributed by atoms with Crippen LogP contribution in [0, 0.1) is 0 Å². The van der Waals surface area contributed by atoms with Crippen molar-refractivity contribution in [2.24, 2.45) is 0 Å². The van der Waals surface area contributed by atoms with Gasteiger partial charge in [-0.05, 0) is 19.9 Å². The maximum Gasteiger partial charge on any atom is 0.134 e. The van der Waals surface area contributed by atoms with Gasteiger partial charge in [-0.25, -0.2) is 0 Å². The third-order valence-corrected chi connectivity index (χ3v) is 2.44. The first kappa shape index (κ1) is 8.57. The van der Waals surface area contributed by atoms with Gasteiger partial charge in [0, 0.05) is 12.7 Å². The van der Waals surface area contributed by atoms with Gasteiger partial charge in [0.15, 0.2) is 0 Å². The summed E-state index contributed by atoms with van der Waals surface area (Å²) in [6, 6.07) is 8.02. The molecule has 0 bridgehead atoms. The second-order valence-corrected chi connectivity index (χ2v) is 3.86. The summed E-state index contributed by atoms with van der Waals surface area (Å²) in [5, 5.41) is 0. The van der Waals surface area contributed by atoms with Crippen LogP contribution in [-0.4, -0.2) is 12.7 Å². The maximum atomic E-state index is 5.77. The third-order valence-electron chi connectivity index (χ3n) is 2.44. The van der Waals surface area contributed by atoms with Gasteiger partial charge in [0.05, 0.1) is 0 Å². The van der Waals surface area contributed by atoms with Crippen LogP contribution in [0.15, 0.2) is 24.3 Å². The van der Waals surface area contributed by atoms with Crippen LogP contribution in [0.25, 0.3) is 0 Å². The van der Waals surface area contributed by atoms with Crippen molar-refractivity contribution >= 4 is 0 Å². The first-order chi connectivity index (χ1) is 6.15. The quantitative estimate of drug-likeness (QED) is 0.658. The largest absolute Gasteiger partial charge is 0.484 e. The molecule has 0 radical (unpaired) electrons. The number of methoxy groups -OCH3 is 1. The van der Waals surface area contributed by atoms with Gasteiger partial charge < -0.3 is 9.47 Å². The Morgan fingerprint density at radius 1 is 1.31 bits per heavy atom. The second kappa shape index (κ2) is 2.74. The van der Waals surface area contributed by atoms with Gasteiger partial charge in [-0.15, -0.1) is 0 Å². The molecular weight excluding hydrogens is 164 g/mol. The molecule has 2 nitrogen and oxygen atoms in total. The van der Waals surface area contributed by atoms with Crippen molar-refractivity contribution in [3.8, 4) is 5.75 Å². The van der Waals surface area contributed by atoms with E-state index < -0.39 is 0 Å². The first-order valence-electron chi connectivity index (χ1n) is 4.46. The van der Waals surface area contributed by atoms with Crippen molar-refractivity contribution in [3.63, 3.8) is 0 Å². The summed E-state index contributed by atoms with van der Waals surface area (Å²) in [4.78, 5) is 0. The Labute approximate surface area is 78.5 Å². The third kappa shape index (κ3) is 1.22. The van der Waals surface area contributed by atoms with E-state index in [1.807, 2.05) is 32.0 Å². The molecular formula is C11H14O2. The SMILES string of the molecule is COC1c2ccccc2OC1(C)C. The molecule has 0 aliphatic carbocycles. The number of fused-ring (bicyclic) bond motifs is 1. The zero-order valence-corrected chi connectivity index (χ0v) is 8.20. The van der Waals surface area contributed by atoms with E-state index in [1.165, 1.54) is 0 Å². The lowest BCUT2D eigenvalue weighted by Crippen LogP contribution is -2.31. The van der Waals surface area contributed by atoms with Crippen molar-refractivity contribution in [2.45, 2.75) is 25.6 Å². The molecule has 13 heavy (non-hydrogen) atoms. The highest BCUT2D eigenvalue weighted by molar-refractivity contribution is 5.41. The van der Waals surface area contributed by atoms with Crippen LogP contribution >= 0.6 is 0 Å². The molecule has 1 atom stereocenters. The van der Waals surface area contributed by atoms with Crippen molar-refractivity contribution in [3.05, 3.63) is 29.8 Å². The van der Waals surface area contributed by atoms with Crippen LogP contribution < -0.4 is 4.74 Å². The molecule has 0 spiro atoms. The lowest BCUT2D eigenvalue weighted by atomic mass is 9.98. The van der Waals surface area contributed by atoms with Gasteiger partial charge >= 0.3 is 0 Å². The lowest BCUT2D eigenvalue weighted by molar-refractivity contribution is -0.0278. The van der Waals surface area contributed by atoms with Crippen molar-refractivity contribution in [1.29, 1.82) is 0 Å². The van der Waals surface area contributed by atoms with Gasteiger partial charge in [0.1, 0.15) is 17.5 Å². The van der Waals surface area contributed by atoms with Crippen LogP contribution in [-0.2, 0) is 4.74 Å². The molecule has 0 amide bonds. The Kier molecular flexibility index (Phi) is 1.81. The summed E-state index contributed by atoms with van der Waals surface area (Å²) in [6.07, 6.45) is 0.0451. The number of hydrogen-bond donors (Lipinski definition) is 0. The number of ether oxygens (including phenoxy) is 2. The van der Waals surface area contributed by atoms with E-state index in [1.54, 1.807) is 7.11 Å². The van der Waals surface area contributed by atoms with Gasteiger partial charge in [-0.2, -0.15) is 0 Å². The predicted octanol–water partition coefficient (Wildman–Crippen LogP) is 2.55. The average molecular weight is 178 g/mol. The van der Waals surface area contributed by atoms with E-state index in [4.69, 9.17) is 9.47 Å². The van der Waals surface area contributed by atoms with Gasteiger partial charge in [-0.1, -0.05) is 18.2 Å². The molecule has 0 aromatic heterocycles. The van der Waals surface area contributed by atoms with E-state index >= 15 is 0 Å². The molecule has 2 heteroatoms. The second-order valence-electron chi connectivity index (χ2n) is 3.86. The summed E-state index contributed by atoms with van der Waals surface area (Å²) >= 11 is 0. The monoisotopic (exact) mass is 178 g/mol. The highest BCUT2D eigenvalue weighted by atomic mass is 16.6. The molecule has 0 saturated heterocycles. The average Bonchev–Trinajstić information content (AvgIpc) is 2.33. The Bertz CT molecular complexity index is 318. The maximum absolute atomic E-state index is 5.77. The molecule has 1 aliphatic heterocycles. The van der Waals surface area contributed by atoms with Gasteiger partial charge in [0.2, 0.25) is 0 Å². The minimum absolute atomic E-state index is 0.0451. The molecule has 1 aromatic rings. The minimum Gasteiger partial charge on any atom is -0.484 e. The lowest BCUT2D eigenvalue weighted by Gasteiger charge is -2.24. The fourth-order valence-corrected chi connectivity index (χ4v) is 1.91. The molecule has 0 saturated carbocycles. The summed E-state index contributed by atoms with van der Waals surface area (Å²) in [7, 11) is 1.72. The Morgan fingerprint density at radius 3 is 2.69 bits per heavy atom. The normalized spacial score (nSPS) is 23.8. The Hall–Kier alpha value is -1.02. The molecule has 0 fully saturated rings. The smallest absolute Gasteiger partial charge is 0.134 e.